The molecule has 0 radical (unpaired) electrons. The molecule has 4 unspecified atom stereocenters. The fraction of sp³-hybridized carbons (Fsp3) is 0.625. The van der Waals surface area contributed by atoms with Gasteiger partial charge in [-0.1, -0.05) is 37.3 Å². The predicted molar refractivity (Wildman–Crippen MR) is 75.5 cm³/mol. The summed E-state index contributed by atoms with van der Waals surface area (Å²) < 4.78 is 0. The Bertz CT molecular complexity index is 389. The molecule has 1 saturated carbocycles. The lowest BCUT2D eigenvalue weighted by molar-refractivity contribution is 0.0419. The maximum absolute atomic E-state index is 6.27. The molecule has 2 aliphatic rings. The number of piperidine rings is 1. The summed E-state index contributed by atoms with van der Waals surface area (Å²) in [5.74, 6) is 1.49. The van der Waals surface area contributed by atoms with E-state index in [4.69, 9.17) is 5.73 Å². The van der Waals surface area contributed by atoms with Crippen LogP contribution in [0.4, 0.5) is 0 Å². The fourth-order valence-corrected chi connectivity index (χ4v) is 3.60. The van der Waals surface area contributed by atoms with Gasteiger partial charge in [0.1, 0.15) is 0 Å². The molecule has 0 spiro atoms. The predicted octanol–water partition coefficient (Wildman–Crippen LogP) is 2.60. The summed E-state index contributed by atoms with van der Waals surface area (Å²) in [7, 11) is 0. The number of hydrogen-bond donors (Lipinski definition) is 1. The number of nitrogens with zero attached hydrogens (tertiary/aromatic N) is 1. The van der Waals surface area contributed by atoms with Crippen molar-refractivity contribution in [2.45, 2.75) is 44.2 Å². The second-order valence-corrected chi connectivity index (χ2v) is 6.18. The summed E-state index contributed by atoms with van der Waals surface area (Å²) in [6.45, 7) is 4.68. The summed E-state index contributed by atoms with van der Waals surface area (Å²) in [5.41, 5.74) is 7.74. The zero-order valence-corrected chi connectivity index (χ0v) is 11.3. The van der Waals surface area contributed by atoms with Crippen LogP contribution in [0.15, 0.2) is 30.3 Å². The molecule has 2 N–H and O–H groups in total. The van der Waals surface area contributed by atoms with E-state index >= 15 is 0 Å². The Morgan fingerprint density at radius 3 is 2.50 bits per heavy atom. The summed E-state index contributed by atoms with van der Waals surface area (Å²) in [6.07, 6.45) is 3.91. The molecular weight excluding hydrogens is 220 g/mol. The van der Waals surface area contributed by atoms with Crippen LogP contribution < -0.4 is 5.73 Å². The van der Waals surface area contributed by atoms with Crippen molar-refractivity contribution in [3.05, 3.63) is 35.9 Å². The van der Waals surface area contributed by atoms with Gasteiger partial charge in [0, 0.05) is 25.2 Å². The fourth-order valence-electron chi connectivity index (χ4n) is 3.60. The molecule has 1 aromatic rings. The van der Waals surface area contributed by atoms with Crippen LogP contribution in [0, 0.1) is 5.92 Å². The SMILES string of the molecule is CC1CCC1N1CC(N)CC(c2ccccc2)C1. The number of benzene rings is 1. The van der Waals surface area contributed by atoms with E-state index in [2.05, 4.69) is 42.2 Å². The maximum atomic E-state index is 6.27. The summed E-state index contributed by atoms with van der Waals surface area (Å²) in [4.78, 5) is 2.65. The first-order valence-corrected chi connectivity index (χ1v) is 7.28. The van der Waals surface area contributed by atoms with E-state index in [-0.39, 0.29) is 0 Å². The molecule has 98 valence electrons. The van der Waals surface area contributed by atoms with Crippen molar-refractivity contribution >= 4 is 0 Å². The van der Waals surface area contributed by atoms with Gasteiger partial charge in [-0.3, -0.25) is 4.90 Å². The van der Waals surface area contributed by atoms with Gasteiger partial charge >= 0.3 is 0 Å². The Morgan fingerprint density at radius 2 is 1.89 bits per heavy atom. The van der Waals surface area contributed by atoms with Crippen molar-refractivity contribution in [1.29, 1.82) is 0 Å². The Balaban J connectivity index is 1.72. The normalized spacial score (nSPS) is 37.2. The summed E-state index contributed by atoms with van der Waals surface area (Å²) in [6, 6.07) is 12.0. The second kappa shape index (κ2) is 5.02. The topological polar surface area (TPSA) is 29.3 Å². The minimum Gasteiger partial charge on any atom is -0.327 e. The average Bonchev–Trinajstić information content (AvgIpc) is 2.37. The lowest BCUT2D eigenvalue weighted by atomic mass is 9.77. The highest BCUT2D eigenvalue weighted by molar-refractivity contribution is 5.21. The standard InChI is InChI=1S/C16H24N2/c1-12-7-8-16(12)18-10-14(9-15(17)11-18)13-5-3-2-4-6-13/h2-6,12,14-16H,7-11,17H2,1H3. The zero-order chi connectivity index (χ0) is 12.5. The first-order chi connectivity index (χ1) is 8.74. The van der Waals surface area contributed by atoms with E-state index in [1.165, 1.54) is 24.9 Å². The van der Waals surface area contributed by atoms with E-state index < -0.39 is 0 Å². The molecule has 1 saturated heterocycles. The van der Waals surface area contributed by atoms with Crippen molar-refractivity contribution in [1.82, 2.24) is 4.90 Å². The van der Waals surface area contributed by atoms with E-state index in [1.807, 2.05) is 0 Å². The first-order valence-electron chi connectivity index (χ1n) is 7.28. The van der Waals surface area contributed by atoms with Gasteiger partial charge in [-0.2, -0.15) is 0 Å². The van der Waals surface area contributed by atoms with Gasteiger partial charge in [0.25, 0.3) is 0 Å². The third-order valence-corrected chi connectivity index (χ3v) is 4.83. The molecule has 0 aromatic heterocycles. The highest BCUT2D eigenvalue weighted by atomic mass is 15.2. The van der Waals surface area contributed by atoms with E-state index in [0.717, 1.165) is 24.9 Å². The molecule has 1 heterocycles. The van der Waals surface area contributed by atoms with Crippen molar-refractivity contribution in [2.24, 2.45) is 11.7 Å². The molecule has 18 heavy (non-hydrogen) atoms. The van der Waals surface area contributed by atoms with Crippen LogP contribution in [0.5, 0.6) is 0 Å². The molecule has 1 aliphatic heterocycles. The molecule has 4 atom stereocenters. The highest BCUT2D eigenvalue weighted by Gasteiger charge is 2.36. The molecule has 0 bridgehead atoms. The zero-order valence-electron chi connectivity index (χ0n) is 11.3. The molecule has 1 aliphatic carbocycles. The van der Waals surface area contributed by atoms with Crippen LogP contribution in [0.3, 0.4) is 0 Å². The summed E-state index contributed by atoms with van der Waals surface area (Å²) >= 11 is 0. The average molecular weight is 244 g/mol. The van der Waals surface area contributed by atoms with Crippen LogP contribution in [0.25, 0.3) is 0 Å². The van der Waals surface area contributed by atoms with Crippen molar-refractivity contribution in [2.75, 3.05) is 13.1 Å². The van der Waals surface area contributed by atoms with E-state index in [1.54, 1.807) is 0 Å². The molecule has 2 fully saturated rings. The Morgan fingerprint density at radius 1 is 1.11 bits per heavy atom. The van der Waals surface area contributed by atoms with Gasteiger partial charge in [-0.05, 0) is 36.7 Å². The lowest BCUT2D eigenvalue weighted by Gasteiger charge is -2.48. The van der Waals surface area contributed by atoms with Gasteiger partial charge in [0.15, 0.2) is 0 Å². The molecule has 3 rings (SSSR count). The Labute approximate surface area is 110 Å². The van der Waals surface area contributed by atoms with Crippen LogP contribution >= 0.6 is 0 Å². The highest BCUT2D eigenvalue weighted by Crippen LogP contribution is 2.36. The van der Waals surface area contributed by atoms with Gasteiger partial charge in [-0.15, -0.1) is 0 Å². The Hall–Kier alpha value is -0.860. The first kappa shape index (κ1) is 12.2. The number of rotatable bonds is 2. The third kappa shape index (κ3) is 2.32. The third-order valence-electron chi connectivity index (χ3n) is 4.83. The lowest BCUT2D eigenvalue weighted by Crippen LogP contribution is -2.55. The maximum Gasteiger partial charge on any atom is 0.0174 e. The van der Waals surface area contributed by atoms with Gasteiger partial charge < -0.3 is 5.73 Å². The Kier molecular flexibility index (Phi) is 3.40. The quantitative estimate of drug-likeness (QED) is 0.866. The molecule has 0 amide bonds. The number of nitrogens with two attached hydrogens (primary N) is 1. The van der Waals surface area contributed by atoms with Crippen LogP contribution in [0.2, 0.25) is 0 Å². The second-order valence-electron chi connectivity index (χ2n) is 6.18. The molecular formula is C16H24N2. The molecule has 2 nitrogen and oxygen atoms in total. The summed E-state index contributed by atoms with van der Waals surface area (Å²) in [5, 5.41) is 0. The molecule has 1 aromatic carbocycles. The minimum atomic E-state index is 0.344. The van der Waals surface area contributed by atoms with E-state index in [0.29, 0.717) is 12.0 Å². The van der Waals surface area contributed by atoms with Gasteiger partial charge in [0.2, 0.25) is 0 Å². The monoisotopic (exact) mass is 244 g/mol. The van der Waals surface area contributed by atoms with Crippen molar-refractivity contribution in [3.63, 3.8) is 0 Å². The van der Waals surface area contributed by atoms with E-state index in [9.17, 15) is 0 Å². The minimum absolute atomic E-state index is 0.344. The largest absolute Gasteiger partial charge is 0.327 e. The van der Waals surface area contributed by atoms with Crippen molar-refractivity contribution < 1.29 is 0 Å². The van der Waals surface area contributed by atoms with Crippen LogP contribution in [-0.2, 0) is 0 Å². The van der Waals surface area contributed by atoms with Gasteiger partial charge in [0.05, 0.1) is 0 Å². The van der Waals surface area contributed by atoms with Crippen LogP contribution in [0.1, 0.15) is 37.7 Å². The number of hydrogen-bond acceptors (Lipinski definition) is 2. The van der Waals surface area contributed by atoms with Crippen LogP contribution in [-0.4, -0.2) is 30.1 Å². The van der Waals surface area contributed by atoms with Gasteiger partial charge in [-0.25, -0.2) is 0 Å². The van der Waals surface area contributed by atoms with Crippen molar-refractivity contribution in [3.8, 4) is 0 Å². The number of likely N-dealkylation sites (tertiary alicyclic amines) is 1. The smallest absolute Gasteiger partial charge is 0.0174 e. The molecule has 2 heteroatoms.